The molecule has 2 rings (SSSR count). The zero-order valence-corrected chi connectivity index (χ0v) is 10.5. The highest BCUT2D eigenvalue weighted by atomic mass is 32.2. The highest BCUT2D eigenvalue weighted by Gasteiger charge is 2.07. The van der Waals surface area contributed by atoms with Gasteiger partial charge in [-0.3, -0.25) is 0 Å². The van der Waals surface area contributed by atoms with Crippen molar-refractivity contribution in [1.29, 1.82) is 0 Å². The van der Waals surface area contributed by atoms with Crippen LogP contribution in [0.25, 0.3) is 5.69 Å². The Labute approximate surface area is 104 Å². The largest absolute Gasteiger partial charge is 0.215 e. The second kappa shape index (κ2) is 5.51. The van der Waals surface area contributed by atoms with Crippen molar-refractivity contribution in [3.63, 3.8) is 0 Å². The Kier molecular flexibility index (Phi) is 3.78. The third-order valence-electron chi connectivity index (χ3n) is 2.17. The van der Waals surface area contributed by atoms with Gasteiger partial charge in [0.25, 0.3) is 0 Å². The molecule has 1 aromatic heterocycles. The molecule has 0 aliphatic carbocycles. The summed E-state index contributed by atoms with van der Waals surface area (Å²) in [6.45, 7) is 3.87. The van der Waals surface area contributed by atoms with Crippen molar-refractivity contribution in [2.75, 3.05) is 5.75 Å². The van der Waals surface area contributed by atoms with Gasteiger partial charge in [-0.1, -0.05) is 35.4 Å². The van der Waals surface area contributed by atoms with E-state index in [9.17, 15) is 0 Å². The third-order valence-corrected chi connectivity index (χ3v) is 2.97. The average Bonchev–Trinajstić information content (AvgIpc) is 2.79. The molecule has 0 aliphatic rings. The molecule has 0 saturated carbocycles. The first-order valence-corrected chi connectivity index (χ1v) is 6.17. The minimum absolute atomic E-state index is 0.697. The van der Waals surface area contributed by atoms with Crippen molar-refractivity contribution < 1.29 is 0 Å². The van der Waals surface area contributed by atoms with Gasteiger partial charge in [-0.2, -0.15) is 4.68 Å². The van der Waals surface area contributed by atoms with E-state index < -0.39 is 0 Å². The molecule has 0 bridgehead atoms. The Morgan fingerprint density at radius 3 is 2.76 bits per heavy atom. The van der Waals surface area contributed by atoms with Crippen molar-refractivity contribution >= 4 is 11.8 Å². The zero-order chi connectivity index (χ0) is 12.1. The van der Waals surface area contributed by atoms with Crippen molar-refractivity contribution in [3.8, 4) is 17.5 Å². The summed E-state index contributed by atoms with van der Waals surface area (Å²) in [6, 6.07) is 8.08. The maximum absolute atomic E-state index is 3.98. The van der Waals surface area contributed by atoms with Gasteiger partial charge in [0, 0.05) is 0 Å². The van der Waals surface area contributed by atoms with Crippen LogP contribution in [0.5, 0.6) is 0 Å². The molecule has 5 heteroatoms. The predicted octanol–water partition coefficient (Wildman–Crippen LogP) is 2.09. The van der Waals surface area contributed by atoms with Crippen LogP contribution in [0.1, 0.15) is 12.5 Å². The van der Waals surface area contributed by atoms with Crippen molar-refractivity contribution in [1.82, 2.24) is 20.2 Å². The van der Waals surface area contributed by atoms with Crippen molar-refractivity contribution in [2.45, 2.75) is 19.0 Å². The van der Waals surface area contributed by atoms with Gasteiger partial charge in [-0.15, -0.1) is 11.0 Å². The molecule has 0 aliphatic heterocycles. The highest BCUT2D eigenvalue weighted by Crippen LogP contribution is 2.17. The van der Waals surface area contributed by atoms with Crippen LogP contribution in [0.2, 0.25) is 0 Å². The molecule has 0 radical (unpaired) electrons. The molecule has 17 heavy (non-hydrogen) atoms. The number of hydrogen-bond acceptors (Lipinski definition) is 4. The molecule has 0 spiro atoms. The number of rotatable bonds is 3. The summed E-state index contributed by atoms with van der Waals surface area (Å²) in [5, 5.41) is 12.4. The highest BCUT2D eigenvalue weighted by molar-refractivity contribution is 7.99. The molecule has 0 fully saturated rings. The first-order chi connectivity index (χ1) is 8.31. The van der Waals surface area contributed by atoms with E-state index in [0.29, 0.717) is 5.75 Å². The third kappa shape index (κ3) is 2.86. The number of hydrogen-bond donors (Lipinski definition) is 0. The summed E-state index contributed by atoms with van der Waals surface area (Å²) in [7, 11) is 0. The summed E-state index contributed by atoms with van der Waals surface area (Å²) < 4.78 is 1.72. The molecule has 0 unspecified atom stereocenters. The normalized spacial score (nSPS) is 9.76. The fourth-order valence-electron chi connectivity index (χ4n) is 1.29. The second-order valence-electron chi connectivity index (χ2n) is 3.42. The van der Waals surface area contributed by atoms with E-state index in [0.717, 1.165) is 10.8 Å². The van der Waals surface area contributed by atoms with Gasteiger partial charge in [-0.05, 0) is 36.4 Å². The van der Waals surface area contributed by atoms with Crippen molar-refractivity contribution in [3.05, 3.63) is 29.8 Å². The van der Waals surface area contributed by atoms with Gasteiger partial charge < -0.3 is 0 Å². The van der Waals surface area contributed by atoms with E-state index in [-0.39, 0.29) is 0 Å². The number of aromatic nitrogens is 4. The topological polar surface area (TPSA) is 43.6 Å². The van der Waals surface area contributed by atoms with E-state index in [2.05, 4.69) is 34.3 Å². The fourth-order valence-corrected chi connectivity index (χ4v) is 1.99. The Morgan fingerprint density at radius 2 is 2.06 bits per heavy atom. The zero-order valence-electron chi connectivity index (χ0n) is 9.71. The van der Waals surface area contributed by atoms with Crippen LogP contribution in [-0.2, 0) is 0 Å². The molecule has 2 aromatic rings. The van der Waals surface area contributed by atoms with Gasteiger partial charge in [0.2, 0.25) is 5.16 Å². The number of aryl methyl sites for hydroxylation is 1. The molecule has 1 heterocycles. The molecule has 0 saturated heterocycles. The fraction of sp³-hybridized carbons (Fsp3) is 0.250. The summed E-state index contributed by atoms with van der Waals surface area (Å²) >= 11 is 1.53. The van der Waals surface area contributed by atoms with Crippen molar-refractivity contribution in [2.24, 2.45) is 0 Å². The molecular weight excluding hydrogens is 232 g/mol. The van der Waals surface area contributed by atoms with Gasteiger partial charge in [0.1, 0.15) is 0 Å². The van der Waals surface area contributed by atoms with E-state index >= 15 is 0 Å². The van der Waals surface area contributed by atoms with Crippen LogP contribution in [0.3, 0.4) is 0 Å². The SMILES string of the molecule is CC#CCSc1nnnn1-c1ccc(C)cc1. The maximum atomic E-state index is 3.98. The maximum Gasteiger partial charge on any atom is 0.215 e. The van der Waals surface area contributed by atoms with Gasteiger partial charge in [0.15, 0.2) is 0 Å². The van der Waals surface area contributed by atoms with Crippen LogP contribution in [0.4, 0.5) is 0 Å². The molecule has 1 aromatic carbocycles. The molecule has 4 nitrogen and oxygen atoms in total. The molecule has 0 atom stereocenters. The summed E-state index contributed by atoms with van der Waals surface area (Å²) in [4.78, 5) is 0. The minimum atomic E-state index is 0.697. The van der Waals surface area contributed by atoms with Gasteiger partial charge >= 0.3 is 0 Å². The molecule has 0 amide bonds. The van der Waals surface area contributed by atoms with E-state index in [1.807, 2.05) is 31.2 Å². The smallest absolute Gasteiger partial charge is 0.187 e. The van der Waals surface area contributed by atoms with Crippen LogP contribution in [-0.4, -0.2) is 26.0 Å². The number of thioether (sulfide) groups is 1. The Bertz CT molecular complexity index is 548. The quantitative estimate of drug-likeness (QED) is 0.612. The lowest BCUT2D eigenvalue weighted by Gasteiger charge is -2.02. The molecule has 0 N–H and O–H groups in total. The minimum Gasteiger partial charge on any atom is -0.187 e. The monoisotopic (exact) mass is 244 g/mol. The van der Waals surface area contributed by atoms with E-state index in [1.165, 1.54) is 17.3 Å². The molecular formula is C12H12N4S. The Balaban J connectivity index is 2.23. The first kappa shape index (κ1) is 11.7. The van der Waals surface area contributed by atoms with E-state index in [4.69, 9.17) is 0 Å². The number of benzene rings is 1. The standard InChI is InChI=1S/C12H12N4S/c1-3-4-9-17-12-13-14-15-16(12)11-7-5-10(2)6-8-11/h5-8H,9H2,1-2H3. The number of tetrazole rings is 1. The Hall–Kier alpha value is -1.80. The lowest BCUT2D eigenvalue weighted by atomic mass is 10.2. The summed E-state index contributed by atoms with van der Waals surface area (Å²) in [6.07, 6.45) is 0. The number of nitrogens with zero attached hydrogens (tertiary/aromatic N) is 4. The van der Waals surface area contributed by atoms with Crippen LogP contribution in [0, 0.1) is 18.8 Å². The lowest BCUT2D eigenvalue weighted by molar-refractivity contribution is 0.756. The van der Waals surface area contributed by atoms with Gasteiger partial charge in [0.05, 0.1) is 11.4 Å². The van der Waals surface area contributed by atoms with Gasteiger partial charge in [-0.25, -0.2) is 0 Å². The Morgan fingerprint density at radius 1 is 1.29 bits per heavy atom. The lowest BCUT2D eigenvalue weighted by Crippen LogP contribution is -1.98. The van der Waals surface area contributed by atoms with Crippen LogP contribution in [0.15, 0.2) is 29.4 Å². The van der Waals surface area contributed by atoms with E-state index in [1.54, 1.807) is 4.68 Å². The summed E-state index contributed by atoms with van der Waals surface area (Å²) in [5.41, 5.74) is 2.18. The predicted molar refractivity (Wildman–Crippen MR) is 68.1 cm³/mol. The van der Waals surface area contributed by atoms with Crippen LogP contribution >= 0.6 is 11.8 Å². The summed E-state index contributed by atoms with van der Waals surface area (Å²) in [5.74, 6) is 6.52. The second-order valence-corrected chi connectivity index (χ2v) is 4.37. The van der Waals surface area contributed by atoms with Crippen LogP contribution < -0.4 is 0 Å². The average molecular weight is 244 g/mol. The first-order valence-electron chi connectivity index (χ1n) is 5.19. The molecule has 86 valence electrons.